The van der Waals surface area contributed by atoms with E-state index in [9.17, 15) is 0 Å². The van der Waals surface area contributed by atoms with E-state index in [2.05, 4.69) is 39.0 Å². The maximum atomic E-state index is 5.67. The number of rotatable bonds is 3. The third-order valence-corrected chi connectivity index (χ3v) is 2.72. The number of methoxy groups -OCH3 is 1. The van der Waals surface area contributed by atoms with Crippen LogP contribution in [0.1, 0.15) is 13.8 Å². The second kappa shape index (κ2) is 4.93. The fourth-order valence-electron chi connectivity index (χ4n) is 1.88. The van der Waals surface area contributed by atoms with Crippen LogP contribution in [0.3, 0.4) is 0 Å². The summed E-state index contributed by atoms with van der Waals surface area (Å²) in [6, 6.07) is 0.314. The van der Waals surface area contributed by atoms with Gasteiger partial charge in [0.05, 0.1) is 19.3 Å². The van der Waals surface area contributed by atoms with Gasteiger partial charge >= 0.3 is 6.01 Å². The lowest BCUT2D eigenvalue weighted by Gasteiger charge is -2.38. The maximum absolute atomic E-state index is 5.67. The van der Waals surface area contributed by atoms with Gasteiger partial charge in [0, 0.05) is 20.1 Å². The van der Waals surface area contributed by atoms with E-state index < -0.39 is 0 Å². The van der Waals surface area contributed by atoms with Crippen molar-refractivity contribution in [3.8, 4) is 6.01 Å². The summed E-state index contributed by atoms with van der Waals surface area (Å²) in [6.07, 6.45) is 0. The highest BCUT2D eigenvalue weighted by molar-refractivity contribution is 5.38. The van der Waals surface area contributed by atoms with E-state index in [1.807, 2.05) is 0 Å². The fraction of sp³-hybridized carbons (Fsp3) is 0.727. The van der Waals surface area contributed by atoms with Crippen LogP contribution < -0.4 is 15.0 Å². The predicted molar refractivity (Wildman–Crippen MR) is 68.2 cm³/mol. The molecule has 0 atom stereocenters. The summed E-state index contributed by atoms with van der Waals surface area (Å²) in [5.74, 6) is 1.11. The molecule has 100 valence electrons. The van der Waals surface area contributed by atoms with Crippen LogP contribution in [0.25, 0.3) is 0 Å². The van der Waals surface area contributed by atoms with E-state index in [4.69, 9.17) is 9.47 Å². The summed E-state index contributed by atoms with van der Waals surface area (Å²) in [5, 5.41) is 2.90. The summed E-state index contributed by atoms with van der Waals surface area (Å²) in [5.41, 5.74) is -0.197. The van der Waals surface area contributed by atoms with Crippen molar-refractivity contribution in [2.24, 2.45) is 0 Å². The molecule has 1 N–H and O–H groups in total. The molecule has 1 aliphatic heterocycles. The van der Waals surface area contributed by atoms with E-state index in [-0.39, 0.29) is 5.60 Å². The van der Waals surface area contributed by atoms with Gasteiger partial charge < -0.3 is 19.7 Å². The Bertz CT molecular complexity index is 402. The molecule has 0 radical (unpaired) electrons. The third-order valence-electron chi connectivity index (χ3n) is 2.72. The average Bonchev–Trinajstić information content (AvgIpc) is 2.37. The van der Waals surface area contributed by atoms with Gasteiger partial charge in [0.15, 0.2) is 0 Å². The van der Waals surface area contributed by atoms with Gasteiger partial charge in [0.2, 0.25) is 11.9 Å². The van der Waals surface area contributed by atoms with Crippen molar-refractivity contribution in [2.45, 2.75) is 19.4 Å². The number of morpholine rings is 1. The van der Waals surface area contributed by atoms with Crippen molar-refractivity contribution in [1.29, 1.82) is 0 Å². The monoisotopic (exact) mass is 253 g/mol. The van der Waals surface area contributed by atoms with Crippen molar-refractivity contribution in [3.05, 3.63) is 0 Å². The summed E-state index contributed by atoms with van der Waals surface area (Å²) >= 11 is 0. The van der Waals surface area contributed by atoms with Crippen LogP contribution in [0.15, 0.2) is 0 Å². The first-order chi connectivity index (χ1) is 8.54. The van der Waals surface area contributed by atoms with Gasteiger partial charge in [-0.15, -0.1) is 0 Å². The van der Waals surface area contributed by atoms with Crippen LogP contribution in [0.2, 0.25) is 0 Å². The van der Waals surface area contributed by atoms with Gasteiger partial charge in [0.1, 0.15) is 0 Å². The van der Waals surface area contributed by atoms with Crippen LogP contribution >= 0.6 is 0 Å². The largest absolute Gasteiger partial charge is 0.467 e. The average molecular weight is 253 g/mol. The Labute approximate surface area is 107 Å². The summed E-state index contributed by atoms with van der Waals surface area (Å²) < 4.78 is 10.8. The van der Waals surface area contributed by atoms with Gasteiger partial charge in [0.25, 0.3) is 0 Å². The molecule has 7 heteroatoms. The molecule has 7 nitrogen and oxygen atoms in total. The minimum absolute atomic E-state index is 0.197. The molecule has 0 aliphatic carbocycles. The SMILES string of the molecule is CNc1nc(OC)nc(N2CCOC(C)(C)C2)n1. The van der Waals surface area contributed by atoms with Crippen LogP contribution in [0.4, 0.5) is 11.9 Å². The van der Waals surface area contributed by atoms with Crippen molar-refractivity contribution >= 4 is 11.9 Å². The van der Waals surface area contributed by atoms with Crippen molar-refractivity contribution < 1.29 is 9.47 Å². The number of aromatic nitrogens is 3. The van der Waals surface area contributed by atoms with Crippen LogP contribution in [-0.2, 0) is 4.74 Å². The van der Waals surface area contributed by atoms with Crippen molar-refractivity contribution in [3.63, 3.8) is 0 Å². The smallest absolute Gasteiger partial charge is 0.322 e. The Balaban J connectivity index is 2.26. The second-order valence-corrected chi connectivity index (χ2v) is 4.73. The number of anilines is 2. The molecule has 0 amide bonds. The Kier molecular flexibility index (Phi) is 3.51. The van der Waals surface area contributed by atoms with Crippen LogP contribution in [0, 0.1) is 0 Å². The lowest BCUT2D eigenvalue weighted by atomic mass is 10.1. The topological polar surface area (TPSA) is 72.4 Å². The molecule has 2 heterocycles. The van der Waals surface area contributed by atoms with Crippen molar-refractivity contribution in [1.82, 2.24) is 15.0 Å². The first-order valence-electron chi connectivity index (χ1n) is 5.91. The number of nitrogens with one attached hydrogen (secondary N) is 1. The maximum Gasteiger partial charge on any atom is 0.322 e. The molecule has 1 aromatic heterocycles. The molecule has 1 fully saturated rings. The van der Waals surface area contributed by atoms with Gasteiger partial charge in [-0.25, -0.2) is 0 Å². The Morgan fingerprint density at radius 3 is 2.72 bits per heavy atom. The highest BCUT2D eigenvalue weighted by Gasteiger charge is 2.29. The molecule has 0 spiro atoms. The molecule has 0 aromatic carbocycles. The number of nitrogens with zero attached hydrogens (tertiary/aromatic N) is 4. The van der Waals surface area contributed by atoms with E-state index in [1.165, 1.54) is 0 Å². The molecule has 0 unspecified atom stereocenters. The zero-order valence-corrected chi connectivity index (χ0v) is 11.2. The van der Waals surface area contributed by atoms with E-state index in [0.29, 0.717) is 24.5 Å². The quantitative estimate of drug-likeness (QED) is 0.842. The lowest BCUT2D eigenvalue weighted by molar-refractivity contribution is -0.0281. The summed E-state index contributed by atoms with van der Waals surface area (Å²) in [4.78, 5) is 14.8. The molecule has 1 saturated heterocycles. The minimum atomic E-state index is -0.197. The zero-order chi connectivity index (χ0) is 13.2. The Morgan fingerprint density at radius 2 is 2.11 bits per heavy atom. The van der Waals surface area contributed by atoms with E-state index in [0.717, 1.165) is 13.1 Å². The summed E-state index contributed by atoms with van der Waals surface area (Å²) in [7, 11) is 3.31. The second-order valence-electron chi connectivity index (χ2n) is 4.73. The molecule has 1 aromatic rings. The van der Waals surface area contributed by atoms with Crippen LogP contribution in [0.5, 0.6) is 6.01 Å². The molecule has 2 rings (SSSR count). The molecule has 0 bridgehead atoms. The third kappa shape index (κ3) is 2.79. The van der Waals surface area contributed by atoms with Gasteiger partial charge in [-0.05, 0) is 13.8 Å². The first-order valence-corrected chi connectivity index (χ1v) is 5.91. The lowest BCUT2D eigenvalue weighted by Crippen LogP contribution is -2.49. The fourth-order valence-corrected chi connectivity index (χ4v) is 1.88. The van der Waals surface area contributed by atoms with E-state index >= 15 is 0 Å². The molecule has 0 saturated carbocycles. The van der Waals surface area contributed by atoms with Gasteiger partial charge in [-0.3, -0.25) is 0 Å². The minimum Gasteiger partial charge on any atom is -0.467 e. The number of ether oxygens (including phenoxy) is 2. The molecule has 18 heavy (non-hydrogen) atoms. The first kappa shape index (κ1) is 12.8. The van der Waals surface area contributed by atoms with Crippen molar-refractivity contribution in [2.75, 3.05) is 44.1 Å². The molecule has 1 aliphatic rings. The van der Waals surface area contributed by atoms with E-state index in [1.54, 1.807) is 14.2 Å². The predicted octanol–water partition coefficient (Wildman–Crippen LogP) is 0.537. The normalized spacial score (nSPS) is 18.6. The number of hydrogen-bond donors (Lipinski definition) is 1. The highest BCUT2D eigenvalue weighted by atomic mass is 16.5. The standard InChI is InChI=1S/C11H19N5O2/c1-11(2)7-16(5-6-18-11)9-13-8(12-3)14-10(15-9)17-4/h5-7H2,1-4H3,(H,12,13,14,15). The van der Waals surface area contributed by atoms with Gasteiger partial charge in [-0.2, -0.15) is 15.0 Å². The Morgan fingerprint density at radius 1 is 1.33 bits per heavy atom. The van der Waals surface area contributed by atoms with Gasteiger partial charge in [-0.1, -0.05) is 0 Å². The summed E-state index contributed by atoms with van der Waals surface area (Å²) in [6.45, 7) is 6.27. The highest BCUT2D eigenvalue weighted by Crippen LogP contribution is 2.22. The number of hydrogen-bond acceptors (Lipinski definition) is 7. The molecular weight excluding hydrogens is 234 g/mol. The van der Waals surface area contributed by atoms with Crippen LogP contribution in [-0.4, -0.2) is 54.4 Å². The molecular formula is C11H19N5O2. The zero-order valence-electron chi connectivity index (χ0n) is 11.2. The Hall–Kier alpha value is -1.63.